The molecule has 2 aromatic rings. The van der Waals surface area contributed by atoms with E-state index >= 15 is 4.57 Å². The van der Waals surface area contributed by atoms with Gasteiger partial charge in [0.15, 0.2) is 0 Å². The van der Waals surface area contributed by atoms with Crippen molar-refractivity contribution in [3.63, 3.8) is 0 Å². The molecule has 3 fully saturated rings. The van der Waals surface area contributed by atoms with E-state index in [1.807, 2.05) is 43.3 Å². The summed E-state index contributed by atoms with van der Waals surface area (Å²) < 4.78 is 15.2. The molecule has 0 bridgehead atoms. The molecule has 0 aromatic heterocycles. The number of hydrogen-bond donors (Lipinski definition) is 1. The van der Waals surface area contributed by atoms with Crippen molar-refractivity contribution in [2.45, 2.75) is 63.1 Å². The van der Waals surface area contributed by atoms with Crippen LogP contribution in [0.5, 0.6) is 0 Å². The monoisotopic (exact) mass is 408 g/mol. The average molecular weight is 409 g/mol. The van der Waals surface area contributed by atoms with Gasteiger partial charge in [-0.3, -0.25) is 0 Å². The molecule has 1 saturated heterocycles. The van der Waals surface area contributed by atoms with E-state index in [2.05, 4.69) is 45.0 Å². The Labute approximate surface area is 175 Å². The number of aliphatic hydroxyl groups is 1. The van der Waals surface area contributed by atoms with Crippen LogP contribution in [0.4, 0.5) is 0 Å². The highest BCUT2D eigenvalue weighted by Gasteiger charge is 2.76. The predicted molar refractivity (Wildman–Crippen MR) is 119 cm³/mol. The van der Waals surface area contributed by atoms with Gasteiger partial charge in [0.2, 0.25) is 0 Å². The van der Waals surface area contributed by atoms with Crippen molar-refractivity contribution in [1.82, 2.24) is 0 Å². The van der Waals surface area contributed by atoms with Gasteiger partial charge in [-0.25, -0.2) is 0 Å². The maximum Gasteiger partial charge on any atom is 0.108 e. The van der Waals surface area contributed by atoms with Crippen LogP contribution < -0.4 is 0 Å². The van der Waals surface area contributed by atoms with E-state index in [1.165, 1.54) is 0 Å². The molecular formula is C26H33O2P. The smallest absolute Gasteiger partial charge is 0.108 e. The zero-order chi connectivity index (χ0) is 20.7. The summed E-state index contributed by atoms with van der Waals surface area (Å²) in [6.45, 7) is 8.95. The molecule has 1 heterocycles. The molecule has 0 radical (unpaired) electrons. The van der Waals surface area contributed by atoms with Crippen LogP contribution in [0.3, 0.4) is 0 Å². The molecule has 2 saturated carbocycles. The molecule has 7 atom stereocenters. The van der Waals surface area contributed by atoms with Gasteiger partial charge in [0.05, 0.1) is 11.3 Å². The Morgan fingerprint density at radius 3 is 2.14 bits per heavy atom. The fourth-order valence-corrected chi connectivity index (χ4v) is 12.3. The van der Waals surface area contributed by atoms with E-state index in [1.54, 1.807) is 0 Å². The highest BCUT2D eigenvalue weighted by molar-refractivity contribution is 7.65. The molecule has 2 aromatic carbocycles. The molecule has 1 aliphatic heterocycles. The Balaban J connectivity index is 1.68. The van der Waals surface area contributed by atoms with Crippen molar-refractivity contribution in [2.24, 2.45) is 23.2 Å². The van der Waals surface area contributed by atoms with E-state index in [9.17, 15) is 5.11 Å². The summed E-state index contributed by atoms with van der Waals surface area (Å²) in [5.74, 6) is 1.38. The second-order valence-corrected chi connectivity index (χ2v) is 14.3. The third-order valence-corrected chi connectivity index (χ3v) is 13.8. The summed E-state index contributed by atoms with van der Waals surface area (Å²) in [4.78, 5) is 0. The SMILES string of the molecule is CC1(C)[C@@H]2C[C@]3(C)[C@@H](C[C@@H]21)[C@@](C)(O)[C@H](c1ccccc1)[P@@]3(=O)Cc1ccccc1. The van der Waals surface area contributed by atoms with Gasteiger partial charge in [-0.15, -0.1) is 0 Å². The summed E-state index contributed by atoms with van der Waals surface area (Å²) in [5.41, 5.74) is 1.24. The third-order valence-electron chi connectivity index (χ3n) is 9.08. The number of rotatable bonds is 3. The van der Waals surface area contributed by atoms with E-state index in [0.29, 0.717) is 23.4 Å². The lowest BCUT2D eigenvalue weighted by Gasteiger charge is -2.42. The summed E-state index contributed by atoms with van der Waals surface area (Å²) in [5, 5.41) is 11.7. The van der Waals surface area contributed by atoms with Crippen molar-refractivity contribution in [1.29, 1.82) is 0 Å². The molecule has 1 N–H and O–H groups in total. The molecule has 0 unspecified atom stereocenters. The Kier molecular flexibility index (Phi) is 4.11. The minimum atomic E-state index is -2.81. The standard InChI is InChI=1S/C26H33O2P/c1-24(2)20-15-22-25(3,16-21(20)24)29(28,17-18-11-7-5-8-12-18)23(26(22,4)27)19-13-9-6-10-14-19/h5-14,20-23,27H,15-17H2,1-4H3/t20-,21+,22+,23-,25+,26+,29-/m0/s1. The van der Waals surface area contributed by atoms with Gasteiger partial charge in [0, 0.05) is 17.2 Å². The van der Waals surface area contributed by atoms with Crippen LogP contribution in [0.25, 0.3) is 0 Å². The molecule has 2 nitrogen and oxygen atoms in total. The lowest BCUT2D eigenvalue weighted by atomic mass is 9.69. The Hall–Kier alpha value is -1.37. The minimum absolute atomic E-state index is 0.0813. The van der Waals surface area contributed by atoms with Gasteiger partial charge >= 0.3 is 0 Å². The first-order valence-electron chi connectivity index (χ1n) is 11.0. The molecule has 5 rings (SSSR count). The van der Waals surface area contributed by atoms with E-state index in [-0.39, 0.29) is 16.7 Å². The van der Waals surface area contributed by atoms with Crippen LogP contribution in [0, 0.1) is 23.2 Å². The van der Waals surface area contributed by atoms with Gasteiger partial charge in [0.1, 0.15) is 7.14 Å². The predicted octanol–water partition coefficient (Wildman–Crippen LogP) is 6.50. The van der Waals surface area contributed by atoms with Crippen LogP contribution in [0.1, 0.15) is 57.3 Å². The fourth-order valence-electron chi connectivity index (χ4n) is 7.36. The number of benzene rings is 2. The lowest BCUT2D eigenvalue weighted by molar-refractivity contribution is -0.0195. The van der Waals surface area contributed by atoms with Crippen molar-refractivity contribution in [3.05, 3.63) is 71.8 Å². The normalized spacial score (nSPS) is 44.7. The first-order chi connectivity index (χ1) is 13.6. The fraction of sp³-hybridized carbons (Fsp3) is 0.538. The zero-order valence-corrected chi connectivity index (χ0v) is 18.9. The minimum Gasteiger partial charge on any atom is -0.389 e. The number of fused-ring (bicyclic) bond motifs is 2. The summed E-state index contributed by atoms with van der Waals surface area (Å²) in [7, 11) is -2.81. The molecular weight excluding hydrogens is 375 g/mol. The molecule has 2 aliphatic carbocycles. The molecule has 0 spiro atoms. The Morgan fingerprint density at radius 2 is 1.52 bits per heavy atom. The third kappa shape index (κ3) is 2.55. The van der Waals surface area contributed by atoms with Crippen molar-refractivity contribution in [2.75, 3.05) is 0 Å². The first-order valence-corrected chi connectivity index (χ1v) is 13.0. The second-order valence-electron chi connectivity index (χ2n) is 10.9. The topological polar surface area (TPSA) is 37.3 Å². The van der Waals surface area contributed by atoms with Gasteiger partial charge < -0.3 is 9.67 Å². The van der Waals surface area contributed by atoms with Crippen LogP contribution in [-0.4, -0.2) is 15.9 Å². The Bertz CT molecular complexity index is 965. The van der Waals surface area contributed by atoms with Crippen LogP contribution in [0.2, 0.25) is 0 Å². The summed E-state index contributed by atoms with van der Waals surface area (Å²) in [6, 6.07) is 20.5. The molecule has 29 heavy (non-hydrogen) atoms. The van der Waals surface area contributed by atoms with Crippen molar-refractivity contribution >= 4 is 7.14 Å². The van der Waals surface area contributed by atoms with Gasteiger partial charge in [-0.05, 0) is 48.1 Å². The van der Waals surface area contributed by atoms with Gasteiger partial charge in [-0.2, -0.15) is 0 Å². The van der Waals surface area contributed by atoms with Gasteiger partial charge in [-0.1, -0.05) is 81.4 Å². The molecule has 154 valence electrons. The molecule has 3 heteroatoms. The largest absolute Gasteiger partial charge is 0.389 e. The number of hydrogen-bond acceptors (Lipinski definition) is 2. The van der Waals surface area contributed by atoms with Crippen LogP contribution >= 0.6 is 7.14 Å². The van der Waals surface area contributed by atoms with Crippen molar-refractivity contribution in [3.8, 4) is 0 Å². The average Bonchev–Trinajstić information content (AvgIpc) is 3.16. The van der Waals surface area contributed by atoms with Crippen LogP contribution in [-0.2, 0) is 10.7 Å². The quantitative estimate of drug-likeness (QED) is 0.589. The van der Waals surface area contributed by atoms with E-state index in [0.717, 1.165) is 24.0 Å². The van der Waals surface area contributed by atoms with E-state index < -0.39 is 12.7 Å². The highest BCUT2D eigenvalue weighted by atomic mass is 31.2. The Morgan fingerprint density at radius 1 is 0.931 bits per heavy atom. The zero-order valence-electron chi connectivity index (χ0n) is 18.0. The maximum atomic E-state index is 15.2. The van der Waals surface area contributed by atoms with Crippen LogP contribution in [0.15, 0.2) is 60.7 Å². The highest BCUT2D eigenvalue weighted by Crippen LogP contribution is 2.87. The molecule has 3 aliphatic rings. The first kappa shape index (κ1) is 19.6. The maximum absolute atomic E-state index is 15.2. The van der Waals surface area contributed by atoms with E-state index in [4.69, 9.17) is 0 Å². The molecule has 0 amide bonds. The van der Waals surface area contributed by atoms with Gasteiger partial charge in [0.25, 0.3) is 0 Å². The summed E-state index contributed by atoms with van der Waals surface area (Å²) >= 11 is 0. The lowest BCUT2D eigenvalue weighted by Crippen LogP contribution is -2.44. The summed E-state index contributed by atoms with van der Waals surface area (Å²) in [6.07, 6.45) is 2.57. The van der Waals surface area contributed by atoms with Crippen molar-refractivity contribution < 1.29 is 9.67 Å². The second kappa shape index (κ2) is 6.08.